The van der Waals surface area contributed by atoms with Crippen LogP contribution in [0.2, 0.25) is 0 Å². The number of halogens is 2. The summed E-state index contributed by atoms with van der Waals surface area (Å²) in [5, 5.41) is 13.8. The Morgan fingerprint density at radius 1 is 1.09 bits per heavy atom. The number of amides is 1. The number of hydrogen-bond donors (Lipinski definition) is 2. The average Bonchev–Trinajstić information content (AvgIpc) is 2.86. The highest BCUT2D eigenvalue weighted by Gasteiger charge is 2.53. The Hall–Kier alpha value is -2.40. The van der Waals surface area contributed by atoms with Crippen molar-refractivity contribution >= 4 is 15.7 Å². The molecule has 1 saturated heterocycles. The maximum Gasteiger partial charge on any atom is 0.267 e. The normalized spacial score (nSPS) is 16.1. The fourth-order valence-electron chi connectivity index (χ4n) is 4.22. The Balaban J connectivity index is 1.84. The van der Waals surface area contributed by atoms with Gasteiger partial charge in [0, 0.05) is 13.5 Å². The number of carbonyl (C=O) groups excluding carboxylic acids is 1. The van der Waals surface area contributed by atoms with Gasteiger partial charge in [-0.1, -0.05) is 36.4 Å². The first-order chi connectivity index (χ1) is 16.5. The first-order valence-electron chi connectivity index (χ1n) is 11.5. The van der Waals surface area contributed by atoms with E-state index in [1.165, 1.54) is 19.2 Å². The quantitative estimate of drug-likeness (QED) is 0.374. The minimum absolute atomic E-state index is 0.00145. The van der Waals surface area contributed by atoms with Gasteiger partial charge in [-0.2, -0.15) is 0 Å². The summed E-state index contributed by atoms with van der Waals surface area (Å²) < 4.78 is 56.7. The number of piperidine rings is 1. The summed E-state index contributed by atoms with van der Waals surface area (Å²) in [4.78, 5) is 13.1. The van der Waals surface area contributed by atoms with E-state index in [0.29, 0.717) is 18.2 Å². The van der Waals surface area contributed by atoms with Crippen LogP contribution in [-0.2, 0) is 25.8 Å². The molecule has 1 amide bonds. The lowest BCUT2D eigenvalue weighted by Gasteiger charge is -2.37. The van der Waals surface area contributed by atoms with Crippen molar-refractivity contribution in [2.45, 2.75) is 48.2 Å². The first-order valence-corrected chi connectivity index (χ1v) is 13.0. The van der Waals surface area contributed by atoms with E-state index in [2.05, 4.69) is 5.32 Å². The predicted molar refractivity (Wildman–Crippen MR) is 128 cm³/mol. The summed E-state index contributed by atoms with van der Waals surface area (Å²) in [6.45, 7) is 1.50. The van der Waals surface area contributed by atoms with Gasteiger partial charge < -0.3 is 10.1 Å². The van der Waals surface area contributed by atoms with Crippen LogP contribution in [0.1, 0.15) is 31.7 Å². The molecule has 35 heavy (non-hydrogen) atoms. The summed E-state index contributed by atoms with van der Waals surface area (Å²) >= 11 is 0. The molecule has 3 rings (SSSR count). The largest absolute Gasteiger partial charge is 0.383 e. The Bertz CT molecular complexity index is 1090. The summed E-state index contributed by atoms with van der Waals surface area (Å²) in [7, 11) is -2.70. The van der Waals surface area contributed by atoms with E-state index in [-0.39, 0.29) is 43.7 Å². The molecule has 1 aliphatic rings. The van der Waals surface area contributed by atoms with Crippen LogP contribution in [0.3, 0.4) is 0 Å². The number of methoxy groups -OCH3 is 1. The van der Waals surface area contributed by atoms with Crippen LogP contribution >= 0.6 is 0 Å². The lowest BCUT2D eigenvalue weighted by atomic mass is 9.95. The van der Waals surface area contributed by atoms with Crippen molar-refractivity contribution in [3.63, 3.8) is 0 Å². The third kappa shape index (κ3) is 6.24. The van der Waals surface area contributed by atoms with Gasteiger partial charge in [0.1, 0.15) is 0 Å². The molecule has 7 nitrogen and oxygen atoms in total. The molecule has 1 fully saturated rings. The minimum atomic E-state index is -4.12. The molecule has 0 saturated carbocycles. The number of rotatable bonds is 10. The van der Waals surface area contributed by atoms with Gasteiger partial charge in [-0.15, -0.1) is 0 Å². The zero-order valence-corrected chi connectivity index (χ0v) is 20.8. The topological polar surface area (TPSA) is 95.9 Å². The highest BCUT2D eigenvalue weighted by Crippen LogP contribution is 2.36. The maximum atomic E-state index is 13.7. The average molecular weight is 511 g/mol. The second kappa shape index (κ2) is 11.1. The molecule has 0 aromatic heterocycles. The van der Waals surface area contributed by atoms with Crippen molar-refractivity contribution in [1.29, 1.82) is 0 Å². The van der Waals surface area contributed by atoms with Crippen LogP contribution < -0.4 is 5.32 Å². The van der Waals surface area contributed by atoms with E-state index in [1.807, 2.05) is 12.1 Å². The van der Waals surface area contributed by atoms with Crippen LogP contribution in [0.4, 0.5) is 8.78 Å². The third-order valence-corrected chi connectivity index (χ3v) is 8.87. The number of benzene rings is 2. The van der Waals surface area contributed by atoms with Crippen LogP contribution in [0.5, 0.6) is 0 Å². The smallest absolute Gasteiger partial charge is 0.267 e. The predicted octanol–water partition coefficient (Wildman–Crippen LogP) is 3.70. The number of hydroxylamine groups is 2. The number of sulfone groups is 1. The van der Waals surface area contributed by atoms with Gasteiger partial charge in [0.2, 0.25) is 5.92 Å². The summed E-state index contributed by atoms with van der Waals surface area (Å²) in [5.41, 5.74) is 2.36. The zero-order valence-electron chi connectivity index (χ0n) is 20.0. The molecule has 2 N–H and O–H groups in total. The minimum Gasteiger partial charge on any atom is -0.383 e. The van der Waals surface area contributed by atoms with Crippen LogP contribution in [0.15, 0.2) is 53.4 Å². The lowest BCUT2D eigenvalue weighted by Crippen LogP contribution is -2.58. The molecule has 10 heteroatoms. The van der Waals surface area contributed by atoms with Gasteiger partial charge in [0.15, 0.2) is 14.6 Å². The zero-order chi connectivity index (χ0) is 25.7. The van der Waals surface area contributed by atoms with Crippen molar-refractivity contribution in [3.05, 3.63) is 54.1 Å². The molecule has 1 aliphatic heterocycles. The number of aryl methyl sites for hydroxylation is 1. The van der Waals surface area contributed by atoms with Crippen molar-refractivity contribution in [1.82, 2.24) is 10.4 Å². The number of nitrogens with one attached hydrogen (secondary N) is 1. The van der Waals surface area contributed by atoms with Crippen molar-refractivity contribution in [2.24, 2.45) is 0 Å². The molecule has 2 aromatic carbocycles. The monoisotopic (exact) mass is 510 g/mol. The highest BCUT2D eigenvalue weighted by atomic mass is 32.2. The summed E-state index contributed by atoms with van der Waals surface area (Å²) in [6, 6.07) is 13.4. The Labute approximate surface area is 205 Å². The molecule has 0 aliphatic carbocycles. The number of nitrogens with zero attached hydrogens (tertiary/aromatic N) is 1. The fourth-order valence-corrected chi connectivity index (χ4v) is 6.24. The molecule has 192 valence electrons. The SMILES string of the molecule is COCCN(O)C(=O)C1(S(=O)(=O)c2ccc(-c3ccc(CCC(C)(F)F)cc3)cc2)CCNCC1. The third-order valence-electron chi connectivity index (χ3n) is 6.36. The lowest BCUT2D eigenvalue weighted by molar-refractivity contribution is -0.171. The van der Waals surface area contributed by atoms with Gasteiger partial charge in [-0.05, 0) is 68.1 Å². The van der Waals surface area contributed by atoms with Gasteiger partial charge in [0.25, 0.3) is 5.91 Å². The Morgan fingerprint density at radius 3 is 2.14 bits per heavy atom. The van der Waals surface area contributed by atoms with E-state index in [9.17, 15) is 27.2 Å². The van der Waals surface area contributed by atoms with E-state index < -0.39 is 26.4 Å². The Kier molecular flexibility index (Phi) is 8.63. The van der Waals surface area contributed by atoms with E-state index in [4.69, 9.17) is 4.74 Å². The molecule has 0 bridgehead atoms. The van der Waals surface area contributed by atoms with Crippen molar-refractivity contribution in [2.75, 3.05) is 33.4 Å². The van der Waals surface area contributed by atoms with Gasteiger partial charge in [-0.3, -0.25) is 10.0 Å². The van der Waals surface area contributed by atoms with Gasteiger partial charge in [0.05, 0.1) is 18.0 Å². The maximum absolute atomic E-state index is 13.7. The molecule has 0 unspecified atom stereocenters. The number of ether oxygens (including phenoxy) is 1. The van der Waals surface area contributed by atoms with Crippen LogP contribution in [0, 0.1) is 0 Å². The molecule has 0 radical (unpaired) electrons. The second-order valence-corrected chi connectivity index (χ2v) is 11.2. The second-order valence-electron chi connectivity index (χ2n) is 8.96. The molecule has 0 atom stereocenters. The standard InChI is InChI=1S/C25H32F2N2O5S/c1-24(26,27)12-11-19-3-5-20(6-4-19)21-7-9-22(10-8-21)35(32,33)25(13-15-28-16-14-25)23(30)29(31)17-18-34-2/h3-10,28,31H,11-18H2,1-2H3. The fraction of sp³-hybridized carbons (Fsp3) is 0.480. The number of hydrogen-bond acceptors (Lipinski definition) is 6. The van der Waals surface area contributed by atoms with Crippen molar-refractivity contribution < 1.29 is 31.9 Å². The number of carbonyl (C=O) groups is 1. The van der Waals surface area contributed by atoms with Crippen molar-refractivity contribution in [3.8, 4) is 11.1 Å². The van der Waals surface area contributed by atoms with E-state index in [1.54, 1.807) is 24.3 Å². The molecular weight excluding hydrogens is 478 g/mol. The highest BCUT2D eigenvalue weighted by molar-refractivity contribution is 7.93. The molecular formula is C25H32F2N2O5S. The Morgan fingerprint density at radius 2 is 1.63 bits per heavy atom. The van der Waals surface area contributed by atoms with Crippen LogP contribution in [0.25, 0.3) is 11.1 Å². The first kappa shape index (κ1) is 27.2. The van der Waals surface area contributed by atoms with E-state index in [0.717, 1.165) is 23.6 Å². The molecule has 1 heterocycles. The van der Waals surface area contributed by atoms with Gasteiger partial charge >= 0.3 is 0 Å². The van der Waals surface area contributed by atoms with Crippen LogP contribution in [-0.4, -0.2) is 68.6 Å². The molecule has 2 aromatic rings. The van der Waals surface area contributed by atoms with E-state index >= 15 is 0 Å². The summed E-state index contributed by atoms with van der Waals surface area (Å²) in [5.74, 6) is -3.57. The molecule has 0 spiro atoms. The van der Waals surface area contributed by atoms with Gasteiger partial charge in [-0.25, -0.2) is 22.3 Å². The summed E-state index contributed by atoms with van der Waals surface area (Å²) in [6.07, 6.45) is 0.111. The number of alkyl halides is 2.